The van der Waals surface area contributed by atoms with Gasteiger partial charge in [0.05, 0.1) is 11.9 Å². The normalized spacial score (nSPS) is 14.1. The third-order valence-electron chi connectivity index (χ3n) is 3.18. The van der Waals surface area contributed by atoms with Crippen molar-refractivity contribution in [1.82, 2.24) is 15.1 Å². The molecule has 0 spiro atoms. The minimum atomic E-state index is -0.702. The first kappa shape index (κ1) is 14.9. The molecule has 1 aromatic carbocycles. The average molecular weight is 291 g/mol. The monoisotopic (exact) mass is 291 g/mol. The third kappa shape index (κ3) is 4.28. The summed E-state index contributed by atoms with van der Waals surface area (Å²) in [6.45, 7) is 2.99. The molecule has 0 aliphatic rings. The lowest BCUT2D eigenvalue weighted by atomic mass is 10.2. The molecule has 5 heteroatoms. The van der Waals surface area contributed by atoms with Gasteiger partial charge in [0.15, 0.2) is 0 Å². The van der Waals surface area contributed by atoms with Crippen LogP contribution in [0.5, 0.6) is 0 Å². The van der Waals surface area contributed by atoms with Crippen molar-refractivity contribution in [2.75, 3.05) is 18.6 Å². The highest BCUT2D eigenvalue weighted by molar-refractivity contribution is 7.84. The Kier molecular flexibility index (Phi) is 5.49. The maximum atomic E-state index is 11.0. The van der Waals surface area contributed by atoms with Crippen molar-refractivity contribution in [1.29, 1.82) is 0 Å². The van der Waals surface area contributed by atoms with Crippen LogP contribution in [0.15, 0.2) is 42.7 Å². The molecule has 0 bridgehead atoms. The molecule has 1 heterocycles. The van der Waals surface area contributed by atoms with E-state index in [-0.39, 0.29) is 6.04 Å². The Morgan fingerprint density at radius 3 is 2.80 bits per heavy atom. The largest absolute Gasteiger partial charge is 0.310 e. The summed E-state index contributed by atoms with van der Waals surface area (Å²) in [5.74, 6) is 0.753. The predicted octanol–water partition coefficient (Wildman–Crippen LogP) is 2.29. The van der Waals surface area contributed by atoms with Crippen LogP contribution in [0.3, 0.4) is 0 Å². The van der Waals surface area contributed by atoms with Gasteiger partial charge in [-0.25, -0.2) is 4.68 Å². The smallest absolute Gasteiger partial charge is 0.0645 e. The van der Waals surface area contributed by atoms with Crippen LogP contribution in [0.25, 0.3) is 5.69 Å². The minimum absolute atomic E-state index is 0.248. The number of para-hydroxylation sites is 1. The first-order valence-corrected chi connectivity index (χ1v) is 8.53. The molecule has 20 heavy (non-hydrogen) atoms. The lowest BCUT2D eigenvalue weighted by molar-refractivity contribution is 0.570. The zero-order valence-corrected chi connectivity index (χ0v) is 12.8. The van der Waals surface area contributed by atoms with Crippen LogP contribution in [0.2, 0.25) is 0 Å². The van der Waals surface area contributed by atoms with E-state index in [1.807, 2.05) is 47.4 Å². The molecule has 4 nitrogen and oxygen atoms in total. The summed E-state index contributed by atoms with van der Waals surface area (Å²) in [5, 5.41) is 7.82. The van der Waals surface area contributed by atoms with Crippen LogP contribution in [-0.2, 0) is 10.8 Å². The zero-order valence-electron chi connectivity index (χ0n) is 12.0. The van der Waals surface area contributed by atoms with Gasteiger partial charge in [0.1, 0.15) is 0 Å². The molecule has 2 aromatic rings. The summed E-state index contributed by atoms with van der Waals surface area (Å²) in [6, 6.07) is 10.3. The van der Waals surface area contributed by atoms with Crippen LogP contribution < -0.4 is 5.32 Å². The van der Waals surface area contributed by atoms with Crippen LogP contribution in [0.4, 0.5) is 0 Å². The van der Waals surface area contributed by atoms with E-state index >= 15 is 0 Å². The predicted molar refractivity (Wildman–Crippen MR) is 83.5 cm³/mol. The van der Waals surface area contributed by atoms with Gasteiger partial charge in [-0.15, -0.1) is 0 Å². The van der Waals surface area contributed by atoms with E-state index in [0.29, 0.717) is 0 Å². The number of hydrogen-bond acceptors (Lipinski definition) is 3. The summed E-state index contributed by atoms with van der Waals surface area (Å²) >= 11 is 0. The summed E-state index contributed by atoms with van der Waals surface area (Å²) in [6.07, 6.45) is 6.61. The topological polar surface area (TPSA) is 46.9 Å². The van der Waals surface area contributed by atoms with E-state index in [4.69, 9.17) is 0 Å². The van der Waals surface area contributed by atoms with E-state index in [9.17, 15) is 4.21 Å². The summed E-state index contributed by atoms with van der Waals surface area (Å²) in [7, 11) is -0.702. The lowest BCUT2D eigenvalue weighted by Crippen LogP contribution is -2.20. The van der Waals surface area contributed by atoms with Crippen molar-refractivity contribution in [2.45, 2.75) is 19.4 Å². The molecule has 2 unspecified atom stereocenters. The third-order valence-corrected chi connectivity index (χ3v) is 4.05. The van der Waals surface area contributed by atoms with Gasteiger partial charge >= 0.3 is 0 Å². The van der Waals surface area contributed by atoms with Crippen molar-refractivity contribution >= 4 is 10.8 Å². The number of benzene rings is 1. The highest BCUT2D eigenvalue weighted by atomic mass is 32.2. The second kappa shape index (κ2) is 7.36. The summed E-state index contributed by atoms with van der Waals surface area (Å²) in [5.41, 5.74) is 2.22. The van der Waals surface area contributed by atoms with Gasteiger partial charge in [0.25, 0.3) is 0 Å². The molecule has 0 aliphatic heterocycles. The van der Waals surface area contributed by atoms with Gasteiger partial charge in [-0.3, -0.25) is 4.21 Å². The molecule has 0 saturated heterocycles. The maximum absolute atomic E-state index is 11.0. The van der Waals surface area contributed by atoms with Crippen LogP contribution in [0.1, 0.15) is 24.9 Å². The minimum Gasteiger partial charge on any atom is -0.310 e. The zero-order chi connectivity index (χ0) is 14.4. The summed E-state index contributed by atoms with van der Waals surface area (Å²) < 4.78 is 12.9. The standard InChI is InChI=1S/C15H21N3OS/c1-13(16-9-6-10-20(2)19)14-11-17-18(12-14)15-7-4-3-5-8-15/h3-5,7-8,11-13,16H,6,9-10H2,1-2H3. The SMILES string of the molecule is CC(NCCCS(C)=O)c1cnn(-c2ccccc2)c1. The number of rotatable bonds is 7. The Morgan fingerprint density at radius 1 is 1.35 bits per heavy atom. The van der Waals surface area contributed by atoms with Crippen molar-refractivity contribution in [3.05, 3.63) is 48.3 Å². The second-order valence-electron chi connectivity index (χ2n) is 4.86. The molecule has 0 fully saturated rings. The van der Waals surface area contributed by atoms with Gasteiger partial charge < -0.3 is 5.32 Å². The summed E-state index contributed by atoms with van der Waals surface area (Å²) in [4.78, 5) is 0. The maximum Gasteiger partial charge on any atom is 0.0645 e. The fraction of sp³-hybridized carbons (Fsp3) is 0.400. The van der Waals surface area contributed by atoms with Gasteiger partial charge in [-0.05, 0) is 32.0 Å². The first-order valence-electron chi connectivity index (χ1n) is 6.80. The Bertz CT molecular complexity index is 553. The fourth-order valence-corrected chi connectivity index (χ4v) is 2.54. The Hall–Kier alpha value is -1.46. The molecule has 108 valence electrons. The highest BCUT2D eigenvalue weighted by Gasteiger charge is 2.08. The second-order valence-corrected chi connectivity index (χ2v) is 6.42. The number of nitrogens with zero attached hydrogens (tertiary/aromatic N) is 2. The van der Waals surface area contributed by atoms with Gasteiger partial charge in [0, 0.05) is 40.6 Å². The molecule has 0 amide bonds. The lowest BCUT2D eigenvalue weighted by Gasteiger charge is -2.11. The van der Waals surface area contributed by atoms with Crippen LogP contribution in [0, 0.1) is 0 Å². The Balaban J connectivity index is 1.90. The first-order chi connectivity index (χ1) is 9.66. The van der Waals surface area contributed by atoms with Crippen molar-refractivity contribution in [2.24, 2.45) is 0 Å². The molecule has 2 atom stereocenters. The molecule has 0 aliphatic carbocycles. The van der Waals surface area contributed by atoms with Crippen molar-refractivity contribution < 1.29 is 4.21 Å². The molecular weight excluding hydrogens is 270 g/mol. The Morgan fingerprint density at radius 2 is 2.10 bits per heavy atom. The quantitative estimate of drug-likeness (QED) is 0.796. The van der Waals surface area contributed by atoms with E-state index in [1.54, 1.807) is 6.26 Å². The highest BCUT2D eigenvalue weighted by Crippen LogP contribution is 2.14. The number of nitrogens with one attached hydrogen (secondary N) is 1. The number of aromatic nitrogens is 2. The van der Waals surface area contributed by atoms with E-state index in [1.165, 1.54) is 0 Å². The van der Waals surface area contributed by atoms with Crippen LogP contribution in [-0.4, -0.2) is 32.5 Å². The fourth-order valence-electron chi connectivity index (χ4n) is 1.99. The van der Waals surface area contributed by atoms with Gasteiger partial charge in [-0.1, -0.05) is 18.2 Å². The molecular formula is C15H21N3OS. The van der Waals surface area contributed by atoms with Gasteiger partial charge in [0.2, 0.25) is 0 Å². The van der Waals surface area contributed by atoms with Crippen molar-refractivity contribution in [3.8, 4) is 5.69 Å². The molecule has 1 N–H and O–H groups in total. The van der Waals surface area contributed by atoms with E-state index < -0.39 is 10.8 Å². The molecule has 1 aromatic heterocycles. The average Bonchev–Trinajstić information content (AvgIpc) is 2.94. The molecule has 0 radical (unpaired) electrons. The van der Waals surface area contributed by atoms with Crippen LogP contribution >= 0.6 is 0 Å². The van der Waals surface area contributed by atoms with E-state index in [0.717, 1.165) is 30.0 Å². The van der Waals surface area contributed by atoms with Gasteiger partial charge in [-0.2, -0.15) is 5.10 Å². The molecule has 2 rings (SSSR count). The number of hydrogen-bond donors (Lipinski definition) is 1. The van der Waals surface area contributed by atoms with E-state index in [2.05, 4.69) is 17.3 Å². The molecule has 0 saturated carbocycles. The Labute approximate surface area is 122 Å². The van der Waals surface area contributed by atoms with Crippen molar-refractivity contribution in [3.63, 3.8) is 0 Å².